The maximum absolute atomic E-state index is 12.1. The molecular weight excluding hydrogens is 340 g/mol. The van der Waals surface area contributed by atoms with Gasteiger partial charge in [0, 0.05) is 18.2 Å². The average Bonchev–Trinajstić information content (AvgIpc) is 2.64. The first kappa shape index (κ1) is 19.9. The van der Waals surface area contributed by atoms with Gasteiger partial charge >= 0.3 is 5.69 Å². The highest BCUT2D eigenvalue weighted by Gasteiger charge is 2.10. The summed E-state index contributed by atoms with van der Waals surface area (Å²) in [5, 5.41) is 18.0. The number of hydrogen-bond acceptors (Lipinski definition) is 6. The van der Waals surface area contributed by atoms with Crippen LogP contribution in [0.4, 0.5) is 0 Å². The number of hydrogen-bond donors (Lipinski definition) is 3. The second kappa shape index (κ2) is 9.91. The Morgan fingerprint density at radius 1 is 1.23 bits per heavy atom. The van der Waals surface area contributed by atoms with Crippen molar-refractivity contribution in [1.82, 2.24) is 9.55 Å². The quantitative estimate of drug-likeness (QED) is 0.557. The van der Waals surface area contributed by atoms with Crippen molar-refractivity contribution in [3.63, 3.8) is 0 Å². The molecule has 26 heavy (non-hydrogen) atoms. The summed E-state index contributed by atoms with van der Waals surface area (Å²) in [6, 6.07) is 7.43. The fourth-order valence-electron chi connectivity index (χ4n) is 2.31. The van der Waals surface area contributed by atoms with E-state index in [1.165, 1.54) is 10.8 Å². The molecule has 0 aliphatic carbocycles. The summed E-state index contributed by atoms with van der Waals surface area (Å²) in [6.07, 6.45) is 1.86. The lowest BCUT2D eigenvalue weighted by molar-refractivity contribution is -0.0513. The summed E-state index contributed by atoms with van der Waals surface area (Å²) in [5.41, 5.74) is 0.185. The first-order chi connectivity index (χ1) is 12.6. The predicted octanol–water partition coefficient (Wildman–Crippen LogP) is 0.243. The molecule has 0 radical (unpaired) electrons. The Morgan fingerprint density at radius 2 is 2.00 bits per heavy atom. The Kier molecular flexibility index (Phi) is 7.58. The lowest BCUT2D eigenvalue weighted by Gasteiger charge is -2.14. The van der Waals surface area contributed by atoms with Crippen molar-refractivity contribution in [2.45, 2.75) is 32.6 Å². The number of aromatic amines is 1. The molecule has 3 N–H and O–H groups in total. The summed E-state index contributed by atoms with van der Waals surface area (Å²) in [6.45, 7) is 1.71. The zero-order chi connectivity index (χ0) is 18.9. The monoisotopic (exact) mass is 364 g/mol. The van der Waals surface area contributed by atoms with E-state index in [-0.39, 0.29) is 19.9 Å². The molecule has 0 aliphatic heterocycles. The molecule has 142 valence electrons. The van der Waals surface area contributed by atoms with Crippen LogP contribution in [0.5, 0.6) is 5.75 Å². The van der Waals surface area contributed by atoms with Crippen molar-refractivity contribution < 1.29 is 19.7 Å². The van der Waals surface area contributed by atoms with Crippen LogP contribution in [0.15, 0.2) is 40.1 Å². The highest BCUT2D eigenvalue weighted by Crippen LogP contribution is 2.15. The number of ether oxygens (including phenoxy) is 2. The van der Waals surface area contributed by atoms with Gasteiger partial charge in [0.15, 0.2) is 0 Å². The third kappa shape index (κ3) is 5.55. The van der Waals surface area contributed by atoms with Crippen LogP contribution in [0.2, 0.25) is 0 Å². The van der Waals surface area contributed by atoms with Crippen LogP contribution >= 0.6 is 0 Å². The van der Waals surface area contributed by atoms with E-state index in [4.69, 9.17) is 19.7 Å². The fourth-order valence-corrected chi connectivity index (χ4v) is 2.31. The fraction of sp³-hybridized carbons (Fsp3) is 0.444. The molecule has 0 saturated heterocycles. The number of nitrogens with one attached hydrogen (secondary N) is 1. The first-order valence-corrected chi connectivity index (χ1v) is 8.45. The lowest BCUT2D eigenvalue weighted by Crippen LogP contribution is -2.34. The van der Waals surface area contributed by atoms with E-state index >= 15 is 0 Å². The molecule has 0 bridgehead atoms. The van der Waals surface area contributed by atoms with Gasteiger partial charge in [-0.2, -0.15) is 0 Å². The SMILES string of the molecule is CCCOc1cccc(Cc2cn(COC(CO)CO)c(=O)[nH]c2=O)c1. The number of aliphatic hydroxyl groups is 2. The average molecular weight is 364 g/mol. The van der Waals surface area contributed by atoms with Gasteiger partial charge in [0.2, 0.25) is 0 Å². The van der Waals surface area contributed by atoms with E-state index < -0.39 is 17.4 Å². The number of aliphatic hydroxyl groups excluding tert-OH is 2. The van der Waals surface area contributed by atoms with Crippen molar-refractivity contribution in [2.75, 3.05) is 19.8 Å². The molecule has 0 saturated carbocycles. The van der Waals surface area contributed by atoms with Crippen molar-refractivity contribution in [1.29, 1.82) is 0 Å². The van der Waals surface area contributed by atoms with Crippen molar-refractivity contribution >= 4 is 0 Å². The van der Waals surface area contributed by atoms with Gasteiger partial charge < -0.3 is 19.7 Å². The van der Waals surface area contributed by atoms with E-state index in [9.17, 15) is 9.59 Å². The van der Waals surface area contributed by atoms with Gasteiger partial charge in [0.25, 0.3) is 5.56 Å². The summed E-state index contributed by atoms with van der Waals surface area (Å²) in [5.74, 6) is 0.728. The molecule has 2 rings (SSSR count). The minimum absolute atomic E-state index is 0.186. The summed E-state index contributed by atoms with van der Waals surface area (Å²) < 4.78 is 12.0. The Balaban J connectivity index is 2.17. The molecule has 0 atom stereocenters. The zero-order valence-electron chi connectivity index (χ0n) is 14.7. The smallest absolute Gasteiger partial charge is 0.330 e. The molecule has 0 fully saturated rings. The summed E-state index contributed by atoms with van der Waals surface area (Å²) >= 11 is 0. The Bertz CT molecular complexity index is 810. The predicted molar refractivity (Wildman–Crippen MR) is 95.4 cm³/mol. The first-order valence-electron chi connectivity index (χ1n) is 8.45. The standard InChI is InChI=1S/C18H24N2O6/c1-2-6-25-15-5-3-4-13(8-15)7-14-9-20(18(24)19-17(14)23)12-26-16(10-21)11-22/h3-5,8-9,16,21-22H,2,6-7,10-12H2,1H3,(H,19,23,24). The maximum atomic E-state index is 12.1. The maximum Gasteiger partial charge on any atom is 0.330 e. The molecule has 1 heterocycles. The molecule has 0 aliphatic rings. The van der Waals surface area contributed by atoms with E-state index in [1.54, 1.807) is 0 Å². The topological polar surface area (TPSA) is 114 Å². The third-order valence-corrected chi connectivity index (χ3v) is 3.71. The number of H-pyrrole nitrogens is 1. The van der Waals surface area contributed by atoms with Crippen molar-refractivity contribution in [3.05, 3.63) is 62.4 Å². The second-order valence-electron chi connectivity index (χ2n) is 5.84. The zero-order valence-corrected chi connectivity index (χ0v) is 14.7. The summed E-state index contributed by atoms with van der Waals surface area (Å²) in [4.78, 5) is 26.2. The molecule has 1 aromatic heterocycles. The molecular formula is C18H24N2O6. The van der Waals surface area contributed by atoms with Crippen LogP contribution < -0.4 is 16.0 Å². The number of rotatable bonds is 10. The van der Waals surface area contributed by atoms with Gasteiger partial charge in [0.05, 0.1) is 19.8 Å². The lowest BCUT2D eigenvalue weighted by atomic mass is 10.1. The molecule has 2 aromatic rings. The van der Waals surface area contributed by atoms with Crippen LogP contribution in [0.3, 0.4) is 0 Å². The normalized spacial score (nSPS) is 11.1. The molecule has 8 nitrogen and oxygen atoms in total. The molecule has 0 unspecified atom stereocenters. The number of benzene rings is 1. The van der Waals surface area contributed by atoms with Crippen LogP contribution in [0.25, 0.3) is 0 Å². The van der Waals surface area contributed by atoms with Gasteiger partial charge in [-0.3, -0.25) is 14.3 Å². The Labute approximate surface area is 150 Å². The van der Waals surface area contributed by atoms with E-state index in [0.717, 1.165) is 17.7 Å². The van der Waals surface area contributed by atoms with Gasteiger partial charge in [-0.05, 0) is 24.1 Å². The van der Waals surface area contributed by atoms with Crippen LogP contribution in [0, 0.1) is 0 Å². The number of nitrogens with zero attached hydrogens (tertiary/aromatic N) is 1. The minimum Gasteiger partial charge on any atom is -0.494 e. The van der Waals surface area contributed by atoms with Crippen LogP contribution in [0.1, 0.15) is 24.5 Å². The van der Waals surface area contributed by atoms with Gasteiger partial charge in [-0.1, -0.05) is 19.1 Å². The van der Waals surface area contributed by atoms with E-state index in [1.807, 2.05) is 31.2 Å². The summed E-state index contributed by atoms with van der Waals surface area (Å²) in [7, 11) is 0. The molecule has 0 spiro atoms. The molecule has 1 aromatic carbocycles. The Hall–Kier alpha value is -2.42. The van der Waals surface area contributed by atoms with Gasteiger partial charge in [-0.25, -0.2) is 4.79 Å². The van der Waals surface area contributed by atoms with Crippen LogP contribution in [-0.4, -0.2) is 45.7 Å². The Morgan fingerprint density at radius 3 is 2.69 bits per heavy atom. The largest absolute Gasteiger partial charge is 0.494 e. The van der Waals surface area contributed by atoms with E-state index in [2.05, 4.69) is 4.98 Å². The second-order valence-corrected chi connectivity index (χ2v) is 5.84. The highest BCUT2D eigenvalue weighted by atomic mass is 16.5. The number of aromatic nitrogens is 2. The minimum atomic E-state index is -0.787. The van der Waals surface area contributed by atoms with Gasteiger partial charge in [-0.15, -0.1) is 0 Å². The third-order valence-electron chi connectivity index (χ3n) is 3.71. The van der Waals surface area contributed by atoms with E-state index in [0.29, 0.717) is 18.6 Å². The molecule has 8 heteroatoms. The van der Waals surface area contributed by atoms with Gasteiger partial charge in [0.1, 0.15) is 18.6 Å². The molecule has 0 amide bonds. The van der Waals surface area contributed by atoms with Crippen LogP contribution in [-0.2, 0) is 17.9 Å². The van der Waals surface area contributed by atoms with Crippen molar-refractivity contribution in [2.24, 2.45) is 0 Å². The van der Waals surface area contributed by atoms with Crippen molar-refractivity contribution in [3.8, 4) is 5.75 Å². The highest BCUT2D eigenvalue weighted by molar-refractivity contribution is 5.31.